The molecule has 0 bridgehead atoms. The van der Waals surface area contributed by atoms with Gasteiger partial charge in [-0.25, -0.2) is 4.79 Å². The number of aromatic nitrogens is 2. The molecule has 0 aliphatic carbocycles. The van der Waals surface area contributed by atoms with Gasteiger partial charge in [0.1, 0.15) is 12.6 Å². The predicted molar refractivity (Wildman–Crippen MR) is 90.1 cm³/mol. The maximum atomic E-state index is 12.3. The van der Waals surface area contributed by atoms with Crippen LogP contribution in [0.5, 0.6) is 0 Å². The monoisotopic (exact) mass is 376 g/mol. The molecule has 4 rings (SSSR count). The van der Waals surface area contributed by atoms with E-state index in [1.807, 2.05) is 0 Å². The van der Waals surface area contributed by atoms with E-state index in [9.17, 15) is 14.7 Å². The van der Waals surface area contributed by atoms with Crippen LogP contribution in [0.1, 0.15) is 36.2 Å². The molecule has 9 heteroatoms. The number of fused-ring (bicyclic) bond motifs is 1. The number of carbonyl (C=O) groups is 2. The van der Waals surface area contributed by atoms with Gasteiger partial charge in [0.25, 0.3) is 5.91 Å². The maximum Gasteiger partial charge on any atom is 0.327 e. The van der Waals surface area contributed by atoms with Crippen molar-refractivity contribution in [2.75, 3.05) is 6.54 Å². The Morgan fingerprint density at radius 2 is 2.08 bits per heavy atom. The average Bonchev–Trinajstić information content (AvgIpc) is 3.32. The van der Waals surface area contributed by atoms with Crippen LogP contribution in [0.3, 0.4) is 0 Å². The largest absolute Gasteiger partial charge is 0.388 e. The molecular formula is C17H17ClN4O4. The second-order valence-electron chi connectivity index (χ2n) is 6.43. The third-order valence-electron chi connectivity index (χ3n) is 4.71. The third-order valence-corrected chi connectivity index (χ3v) is 4.97. The Morgan fingerprint density at radius 3 is 2.81 bits per heavy atom. The first kappa shape index (κ1) is 17.0. The first-order valence-electron chi connectivity index (χ1n) is 8.40. The van der Waals surface area contributed by atoms with Crippen LogP contribution < -0.4 is 0 Å². The molecule has 2 aliphatic heterocycles. The minimum atomic E-state index is -0.807. The van der Waals surface area contributed by atoms with Crippen LogP contribution in [0.2, 0.25) is 5.02 Å². The molecule has 2 fully saturated rings. The highest BCUT2D eigenvalue weighted by atomic mass is 35.5. The highest BCUT2D eigenvalue weighted by Crippen LogP contribution is 2.28. The maximum absolute atomic E-state index is 12.3. The van der Waals surface area contributed by atoms with Gasteiger partial charge in [0.2, 0.25) is 5.89 Å². The molecule has 8 nitrogen and oxygen atoms in total. The number of carbonyl (C=O) groups excluding carboxylic acids is 2. The molecule has 3 amide bonds. The number of aliphatic hydroxyl groups is 1. The fraction of sp³-hybridized carbons (Fsp3) is 0.412. The van der Waals surface area contributed by atoms with Gasteiger partial charge in [-0.3, -0.25) is 9.69 Å². The van der Waals surface area contributed by atoms with E-state index in [4.69, 9.17) is 16.1 Å². The van der Waals surface area contributed by atoms with E-state index >= 15 is 0 Å². The standard InChI is InChI=1S/C17H17ClN4O4/c18-11-5-3-10(4-6-11)13(23)8-14-19-15(26-20-14)9-22-16(24)12-2-1-7-21(12)17(22)25/h3-6,12-13,23H,1-2,7-9H2/t12-,13+/m1/s1. The number of benzene rings is 1. The van der Waals surface area contributed by atoms with Gasteiger partial charge < -0.3 is 14.5 Å². The zero-order chi connectivity index (χ0) is 18.3. The predicted octanol–water partition coefficient (Wildman–Crippen LogP) is 1.93. The van der Waals surface area contributed by atoms with Crippen molar-refractivity contribution in [3.8, 4) is 0 Å². The molecule has 0 spiro atoms. The average molecular weight is 377 g/mol. The molecule has 0 saturated carbocycles. The number of amides is 3. The number of aliphatic hydroxyl groups excluding tert-OH is 1. The zero-order valence-corrected chi connectivity index (χ0v) is 14.6. The fourth-order valence-electron chi connectivity index (χ4n) is 3.38. The Bertz CT molecular complexity index is 816. The molecule has 136 valence electrons. The summed E-state index contributed by atoms with van der Waals surface area (Å²) in [4.78, 5) is 31.5. The van der Waals surface area contributed by atoms with Crippen molar-refractivity contribution in [3.05, 3.63) is 46.6 Å². The van der Waals surface area contributed by atoms with Gasteiger partial charge in [-0.15, -0.1) is 0 Å². The smallest absolute Gasteiger partial charge is 0.327 e. The summed E-state index contributed by atoms with van der Waals surface area (Å²) in [6.45, 7) is 0.558. The molecule has 0 unspecified atom stereocenters. The lowest BCUT2D eigenvalue weighted by molar-refractivity contribution is -0.128. The Morgan fingerprint density at radius 1 is 1.31 bits per heavy atom. The minimum absolute atomic E-state index is 0.0469. The van der Waals surface area contributed by atoms with E-state index in [0.29, 0.717) is 29.4 Å². The lowest BCUT2D eigenvalue weighted by Crippen LogP contribution is -2.32. The third kappa shape index (κ3) is 3.06. The summed E-state index contributed by atoms with van der Waals surface area (Å²) in [5.41, 5.74) is 0.686. The van der Waals surface area contributed by atoms with Crippen LogP contribution in [0.15, 0.2) is 28.8 Å². The van der Waals surface area contributed by atoms with Crippen molar-refractivity contribution in [2.24, 2.45) is 0 Å². The molecule has 26 heavy (non-hydrogen) atoms. The van der Waals surface area contributed by atoms with E-state index in [2.05, 4.69) is 10.1 Å². The van der Waals surface area contributed by atoms with Crippen molar-refractivity contribution in [3.63, 3.8) is 0 Å². The van der Waals surface area contributed by atoms with Gasteiger partial charge in [0.05, 0.1) is 6.10 Å². The van der Waals surface area contributed by atoms with Crippen molar-refractivity contribution >= 4 is 23.5 Å². The number of hydrogen-bond donors (Lipinski definition) is 1. The number of halogens is 1. The van der Waals surface area contributed by atoms with Gasteiger partial charge in [-0.05, 0) is 30.5 Å². The van der Waals surface area contributed by atoms with Crippen LogP contribution in [-0.2, 0) is 17.8 Å². The van der Waals surface area contributed by atoms with E-state index in [1.165, 1.54) is 0 Å². The van der Waals surface area contributed by atoms with Crippen LogP contribution in [-0.4, -0.2) is 49.6 Å². The SMILES string of the molecule is O=C1[C@H]2CCCN2C(=O)N1Cc1nc(C[C@H](O)c2ccc(Cl)cc2)no1. The molecule has 2 aliphatic rings. The summed E-state index contributed by atoms with van der Waals surface area (Å²) < 4.78 is 5.14. The van der Waals surface area contributed by atoms with Gasteiger partial charge in [-0.1, -0.05) is 28.9 Å². The van der Waals surface area contributed by atoms with Gasteiger partial charge in [0.15, 0.2) is 5.82 Å². The fourth-order valence-corrected chi connectivity index (χ4v) is 3.50. The highest BCUT2D eigenvalue weighted by Gasteiger charge is 2.47. The molecule has 1 N–H and O–H groups in total. The molecule has 1 aromatic heterocycles. The molecule has 1 aromatic carbocycles. The van der Waals surface area contributed by atoms with Crippen LogP contribution >= 0.6 is 11.6 Å². The van der Waals surface area contributed by atoms with Crippen molar-refractivity contribution in [1.29, 1.82) is 0 Å². The number of hydrogen-bond acceptors (Lipinski definition) is 6. The van der Waals surface area contributed by atoms with Gasteiger partial charge in [-0.2, -0.15) is 4.98 Å². The summed E-state index contributed by atoms with van der Waals surface area (Å²) in [5.74, 6) is 0.265. The number of nitrogens with zero attached hydrogens (tertiary/aromatic N) is 4. The lowest BCUT2D eigenvalue weighted by atomic mass is 10.1. The Labute approximate surface area is 154 Å². The quantitative estimate of drug-likeness (QED) is 0.800. The molecule has 2 saturated heterocycles. The second-order valence-corrected chi connectivity index (χ2v) is 6.87. The summed E-state index contributed by atoms with van der Waals surface area (Å²) in [7, 11) is 0. The normalized spacial score (nSPS) is 20.8. The summed E-state index contributed by atoms with van der Waals surface area (Å²) in [6.07, 6.45) is 0.896. The molecule has 3 heterocycles. The van der Waals surface area contributed by atoms with E-state index in [1.54, 1.807) is 29.2 Å². The Balaban J connectivity index is 1.41. The van der Waals surface area contributed by atoms with Crippen LogP contribution in [0.25, 0.3) is 0 Å². The number of rotatable bonds is 5. The summed E-state index contributed by atoms with van der Waals surface area (Å²) in [5, 5.41) is 14.7. The molecule has 2 aromatic rings. The first-order valence-corrected chi connectivity index (χ1v) is 8.77. The molecule has 0 radical (unpaired) electrons. The first-order chi connectivity index (χ1) is 12.5. The van der Waals surface area contributed by atoms with Crippen LogP contribution in [0.4, 0.5) is 4.79 Å². The van der Waals surface area contributed by atoms with E-state index in [-0.39, 0.29) is 36.8 Å². The Kier molecular flexibility index (Phi) is 4.37. The summed E-state index contributed by atoms with van der Waals surface area (Å²) in [6, 6.07) is 6.18. The summed E-state index contributed by atoms with van der Waals surface area (Å²) >= 11 is 5.84. The Hall–Kier alpha value is -2.45. The van der Waals surface area contributed by atoms with Crippen molar-refractivity contribution < 1.29 is 19.2 Å². The molecule has 2 atom stereocenters. The molecular weight excluding hydrogens is 360 g/mol. The van der Waals surface area contributed by atoms with Gasteiger partial charge in [0, 0.05) is 18.0 Å². The second kappa shape index (κ2) is 6.69. The number of imide groups is 1. The lowest BCUT2D eigenvalue weighted by Gasteiger charge is -2.13. The van der Waals surface area contributed by atoms with Crippen molar-refractivity contribution in [1.82, 2.24) is 19.9 Å². The van der Waals surface area contributed by atoms with E-state index in [0.717, 1.165) is 11.3 Å². The zero-order valence-electron chi connectivity index (χ0n) is 13.8. The van der Waals surface area contributed by atoms with E-state index < -0.39 is 6.10 Å². The number of urea groups is 1. The minimum Gasteiger partial charge on any atom is -0.388 e. The van der Waals surface area contributed by atoms with Crippen molar-refractivity contribution in [2.45, 2.75) is 38.0 Å². The van der Waals surface area contributed by atoms with Gasteiger partial charge >= 0.3 is 6.03 Å². The highest BCUT2D eigenvalue weighted by molar-refractivity contribution is 6.30. The van der Waals surface area contributed by atoms with Crippen LogP contribution in [0, 0.1) is 0 Å². The topological polar surface area (TPSA) is 99.8 Å².